The Balaban J connectivity index is 1.43. The minimum absolute atomic E-state index is 0.0153. The van der Waals surface area contributed by atoms with Crippen molar-refractivity contribution in [1.82, 2.24) is 4.90 Å². The lowest BCUT2D eigenvalue weighted by Crippen LogP contribution is -2.39. The molecule has 0 saturated carbocycles. The second-order valence-corrected chi connectivity index (χ2v) is 7.24. The van der Waals surface area contributed by atoms with Gasteiger partial charge in [0.2, 0.25) is 0 Å². The summed E-state index contributed by atoms with van der Waals surface area (Å²) < 4.78 is 5.88. The number of amides is 2. The first-order valence-electron chi connectivity index (χ1n) is 9.48. The highest BCUT2D eigenvalue weighted by Crippen LogP contribution is 2.33. The van der Waals surface area contributed by atoms with Crippen molar-refractivity contribution in [2.75, 3.05) is 13.2 Å². The number of carbonyl (C=O) groups excluding carboxylic acids is 2. The van der Waals surface area contributed by atoms with Crippen molar-refractivity contribution in [2.24, 2.45) is 0 Å². The van der Waals surface area contributed by atoms with Gasteiger partial charge in [0, 0.05) is 6.07 Å². The number of aliphatic hydroxyl groups excluding tert-OH is 1. The van der Waals surface area contributed by atoms with Crippen LogP contribution in [-0.4, -0.2) is 46.0 Å². The fraction of sp³-hybridized carbons (Fsp3) is 0.333. The Morgan fingerprint density at radius 2 is 1.97 bits per heavy atom. The number of carbonyl (C=O) groups is 2. The van der Waals surface area contributed by atoms with Crippen LogP contribution in [0.15, 0.2) is 42.5 Å². The number of ether oxygens (including phenoxy) is 1. The van der Waals surface area contributed by atoms with Crippen LogP contribution in [0.5, 0.6) is 0 Å². The highest BCUT2D eigenvalue weighted by Gasteiger charge is 2.41. The van der Waals surface area contributed by atoms with Crippen molar-refractivity contribution >= 4 is 17.5 Å². The van der Waals surface area contributed by atoms with Crippen molar-refractivity contribution in [3.63, 3.8) is 0 Å². The fourth-order valence-electron chi connectivity index (χ4n) is 4.01. The number of nitro benzene ring substituents is 1. The molecular formula is C21H20N2O6. The van der Waals surface area contributed by atoms with Gasteiger partial charge in [-0.1, -0.05) is 30.3 Å². The second-order valence-electron chi connectivity index (χ2n) is 7.24. The summed E-state index contributed by atoms with van der Waals surface area (Å²) in [6.07, 6.45) is 1.58. The van der Waals surface area contributed by atoms with Crippen LogP contribution in [0.1, 0.15) is 50.8 Å². The molecule has 0 unspecified atom stereocenters. The summed E-state index contributed by atoms with van der Waals surface area (Å²) in [4.78, 5) is 36.4. The SMILES string of the molecule is O=C1c2cccc([N+](=O)[O-])c2C(=O)N1C[C@@H](O)CO[C@H]1CCCc2ccccc21. The van der Waals surface area contributed by atoms with E-state index in [4.69, 9.17) is 4.74 Å². The van der Waals surface area contributed by atoms with E-state index in [0.29, 0.717) is 0 Å². The average molecular weight is 396 g/mol. The third kappa shape index (κ3) is 3.52. The normalized spacial score (nSPS) is 19.1. The zero-order valence-corrected chi connectivity index (χ0v) is 15.6. The van der Waals surface area contributed by atoms with E-state index in [0.717, 1.165) is 29.7 Å². The molecule has 2 atom stereocenters. The van der Waals surface area contributed by atoms with Crippen molar-refractivity contribution in [3.8, 4) is 0 Å². The number of fused-ring (bicyclic) bond motifs is 2. The number of nitrogens with zero attached hydrogens (tertiary/aromatic N) is 2. The number of hydrogen-bond acceptors (Lipinski definition) is 6. The van der Waals surface area contributed by atoms with Gasteiger partial charge >= 0.3 is 0 Å². The molecule has 2 amide bonds. The summed E-state index contributed by atoms with van der Waals surface area (Å²) in [5, 5.41) is 21.6. The quantitative estimate of drug-likeness (QED) is 0.457. The van der Waals surface area contributed by atoms with E-state index in [-0.39, 0.29) is 30.4 Å². The molecular weight excluding hydrogens is 376 g/mol. The van der Waals surface area contributed by atoms with Gasteiger partial charge in [0.15, 0.2) is 0 Å². The topological polar surface area (TPSA) is 110 Å². The number of benzene rings is 2. The molecule has 0 spiro atoms. The first kappa shape index (κ1) is 19.2. The van der Waals surface area contributed by atoms with E-state index in [1.54, 1.807) is 0 Å². The minimum Gasteiger partial charge on any atom is -0.389 e. The largest absolute Gasteiger partial charge is 0.389 e. The number of nitro groups is 1. The highest BCUT2D eigenvalue weighted by molar-refractivity contribution is 6.23. The molecule has 150 valence electrons. The van der Waals surface area contributed by atoms with Gasteiger partial charge in [-0.05, 0) is 36.5 Å². The van der Waals surface area contributed by atoms with Crippen LogP contribution in [0.3, 0.4) is 0 Å². The molecule has 1 aliphatic carbocycles. The Kier molecular flexibility index (Phi) is 5.12. The van der Waals surface area contributed by atoms with E-state index >= 15 is 0 Å². The Hall–Kier alpha value is -3.10. The van der Waals surface area contributed by atoms with Gasteiger partial charge in [0.1, 0.15) is 5.56 Å². The number of aliphatic hydroxyl groups is 1. The van der Waals surface area contributed by atoms with E-state index in [1.807, 2.05) is 18.2 Å². The maximum atomic E-state index is 12.6. The Morgan fingerprint density at radius 3 is 2.76 bits per heavy atom. The number of rotatable bonds is 6. The van der Waals surface area contributed by atoms with Gasteiger partial charge < -0.3 is 9.84 Å². The minimum atomic E-state index is -1.09. The number of hydrogen-bond donors (Lipinski definition) is 1. The van der Waals surface area contributed by atoms with E-state index in [9.17, 15) is 24.8 Å². The van der Waals surface area contributed by atoms with Crippen molar-refractivity contribution in [1.29, 1.82) is 0 Å². The zero-order valence-electron chi connectivity index (χ0n) is 15.6. The third-order valence-corrected chi connectivity index (χ3v) is 5.37. The van der Waals surface area contributed by atoms with E-state index in [1.165, 1.54) is 23.8 Å². The Bertz CT molecular complexity index is 989. The van der Waals surface area contributed by atoms with Crippen molar-refractivity contribution in [2.45, 2.75) is 31.5 Å². The summed E-state index contributed by atoms with van der Waals surface area (Å²) in [5.74, 6) is -1.41. The molecule has 1 aliphatic heterocycles. The van der Waals surface area contributed by atoms with Gasteiger partial charge in [0.05, 0.1) is 35.8 Å². The lowest BCUT2D eigenvalue weighted by molar-refractivity contribution is -0.385. The summed E-state index contributed by atoms with van der Waals surface area (Å²) in [5.41, 5.74) is 1.68. The monoisotopic (exact) mass is 396 g/mol. The lowest BCUT2D eigenvalue weighted by Gasteiger charge is -2.27. The summed E-state index contributed by atoms with van der Waals surface area (Å²) in [6, 6.07) is 11.9. The first-order chi connectivity index (χ1) is 14.0. The van der Waals surface area contributed by atoms with Crippen LogP contribution in [0.4, 0.5) is 5.69 Å². The molecule has 0 bridgehead atoms. The molecule has 2 aliphatic rings. The van der Waals surface area contributed by atoms with Crippen LogP contribution in [0.2, 0.25) is 0 Å². The van der Waals surface area contributed by atoms with Crippen LogP contribution < -0.4 is 0 Å². The van der Waals surface area contributed by atoms with Crippen molar-refractivity contribution in [3.05, 3.63) is 74.8 Å². The first-order valence-corrected chi connectivity index (χ1v) is 9.48. The predicted octanol–water partition coefficient (Wildman–Crippen LogP) is 2.65. The average Bonchev–Trinajstić information content (AvgIpc) is 2.97. The maximum Gasteiger partial charge on any atom is 0.282 e. The summed E-state index contributed by atoms with van der Waals surface area (Å²) in [7, 11) is 0. The van der Waals surface area contributed by atoms with Crippen LogP contribution >= 0.6 is 0 Å². The Morgan fingerprint density at radius 1 is 1.17 bits per heavy atom. The van der Waals surface area contributed by atoms with Crippen LogP contribution in [-0.2, 0) is 11.2 Å². The van der Waals surface area contributed by atoms with Gasteiger partial charge in [0.25, 0.3) is 17.5 Å². The number of β-amino-alcohol motifs (C(OH)–C–C–N with tert-alkyl or cyclic N) is 1. The van der Waals surface area contributed by atoms with Crippen LogP contribution in [0.25, 0.3) is 0 Å². The highest BCUT2D eigenvalue weighted by atomic mass is 16.6. The van der Waals surface area contributed by atoms with E-state index < -0.39 is 28.5 Å². The molecule has 4 rings (SSSR count). The molecule has 8 heteroatoms. The lowest BCUT2D eigenvalue weighted by atomic mass is 9.89. The molecule has 0 fully saturated rings. The third-order valence-electron chi connectivity index (χ3n) is 5.37. The maximum absolute atomic E-state index is 12.6. The van der Waals surface area contributed by atoms with Gasteiger partial charge in [-0.3, -0.25) is 24.6 Å². The Labute approximate surface area is 166 Å². The van der Waals surface area contributed by atoms with E-state index in [2.05, 4.69) is 6.07 Å². The van der Waals surface area contributed by atoms with Gasteiger partial charge in [-0.15, -0.1) is 0 Å². The van der Waals surface area contributed by atoms with Gasteiger partial charge in [-0.25, -0.2) is 0 Å². The van der Waals surface area contributed by atoms with Crippen LogP contribution in [0, 0.1) is 10.1 Å². The zero-order chi connectivity index (χ0) is 20.5. The number of imide groups is 1. The van der Waals surface area contributed by atoms with Gasteiger partial charge in [-0.2, -0.15) is 0 Å². The number of aryl methyl sites for hydroxylation is 1. The molecule has 2 aromatic rings. The standard InChI is InChI=1S/C21H20N2O6/c24-14(12-29-18-10-3-6-13-5-1-2-7-15(13)18)11-22-20(25)16-8-4-9-17(23(27)28)19(16)21(22)26/h1-2,4-5,7-9,14,18,24H,3,6,10-12H2/t14-,18+/m1/s1. The summed E-state index contributed by atoms with van der Waals surface area (Å²) >= 11 is 0. The second kappa shape index (κ2) is 7.73. The fourth-order valence-corrected chi connectivity index (χ4v) is 4.01. The molecule has 0 saturated heterocycles. The molecule has 1 N–H and O–H groups in total. The molecule has 29 heavy (non-hydrogen) atoms. The molecule has 0 aromatic heterocycles. The molecule has 8 nitrogen and oxygen atoms in total. The smallest absolute Gasteiger partial charge is 0.282 e. The molecule has 2 aromatic carbocycles. The van der Waals surface area contributed by atoms with Crippen molar-refractivity contribution < 1.29 is 24.4 Å². The predicted molar refractivity (Wildman–Crippen MR) is 103 cm³/mol. The summed E-state index contributed by atoms with van der Waals surface area (Å²) in [6.45, 7) is -0.327. The molecule has 1 heterocycles. The molecule has 0 radical (unpaired) electrons.